The smallest absolute Gasteiger partial charge is 0.271 e. The molecule has 8 nitrogen and oxygen atoms in total. The lowest BCUT2D eigenvalue weighted by Gasteiger charge is -2.39. The molecule has 36 heavy (non-hydrogen) atoms. The SMILES string of the molecule is CC[C@H]1CC[C@](CC)(c2cncc(C(=O)NC(CO)CO)n2)c2nnc(-c3c(F)cccc3F)cc21. The van der Waals surface area contributed by atoms with Crippen molar-refractivity contribution in [2.24, 2.45) is 0 Å². The lowest BCUT2D eigenvalue weighted by atomic mass is 9.65. The Morgan fingerprint density at radius 3 is 2.53 bits per heavy atom. The van der Waals surface area contributed by atoms with Crippen molar-refractivity contribution in [3.8, 4) is 11.3 Å². The molecular formula is C26H29F2N5O3. The van der Waals surface area contributed by atoms with Gasteiger partial charge in [-0.15, -0.1) is 5.10 Å². The number of fused-ring (bicyclic) bond motifs is 1. The molecule has 3 aromatic rings. The Hall–Kier alpha value is -3.37. The first-order valence-corrected chi connectivity index (χ1v) is 12.1. The molecule has 0 aliphatic heterocycles. The summed E-state index contributed by atoms with van der Waals surface area (Å²) in [5.74, 6) is -1.85. The number of aliphatic hydroxyl groups is 2. The van der Waals surface area contributed by atoms with Gasteiger partial charge in [-0.2, -0.15) is 5.10 Å². The minimum atomic E-state index is -0.813. The number of benzene rings is 1. The second kappa shape index (κ2) is 10.7. The summed E-state index contributed by atoms with van der Waals surface area (Å²) in [6.45, 7) is 3.21. The van der Waals surface area contributed by atoms with E-state index >= 15 is 0 Å². The molecule has 1 aliphatic carbocycles. The highest BCUT2D eigenvalue weighted by Crippen LogP contribution is 2.48. The van der Waals surface area contributed by atoms with Gasteiger partial charge < -0.3 is 15.5 Å². The highest BCUT2D eigenvalue weighted by molar-refractivity contribution is 5.92. The van der Waals surface area contributed by atoms with Crippen LogP contribution in [0.4, 0.5) is 8.78 Å². The quantitative estimate of drug-likeness (QED) is 0.437. The zero-order chi connectivity index (χ0) is 25.9. The lowest BCUT2D eigenvalue weighted by molar-refractivity contribution is 0.0873. The van der Waals surface area contributed by atoms with E-state index in [1.807, 2.05) is 6.92 Å². The molecule has 4 rings (SSSR count). The predicted molar refractivity (Wildman–Crippen MR) is 128 cm³/mol. The summed E-state index contributed by atoms with van der Waals surface area (Å²) in [5, 5.41) is 29.8. The van der Waals surface area contributed by atoms with Crippen LogP contribution in [0.15, 0.2) is 36.7 Å². The van der Waals surface area contributed by atoms with Crippen LogP contribution in [-0.2, 0) is 5.41 Å². The number of halogens is 2. The maximum Gasteiger partial charge on any atom is 0.271 e. The molecule has 0 fully saturated rings. The van der Waals surface area contributed by atoms with E-state index in [4.69, 9.17) is 0 Å². The van der Waals surface area contributed by atoms with Crippen molar-refractivity contribution in [1.29, 1.82) is 0 Å². The topological polar surface area (TPSA) is 121 Å². The lowest BCUT2D eigenvalue weighted by Crippen LogP contribution is -2.41. The van der Waals surface area contributed by atoms with Crippen LogP contribution >= 0.6 is 0 Å². The third-order valence-corrected chi connectivity index (χ3v) is 7.08. The first kappa shape index (κ1) is 25.7. The maximum atomic E-state index is 14.5. The Bertz CT molecular complexity index is 1230. The Morgan fingerprint density at radius 1 is 1.17 bits per heavy atom. The number of hydrogen-bond donors (Lipinski definition) is 3. The number of nitrogens with zero attached hydrogens (tertiary/aromatic N) is 4. The van der Waals surface area contributed by atoms with E-state index in [0.717, 1.165) is 18.4 Å². The average molecular weight is 498 g/mol. The first-order chi connectivity index (χ1) is 17.4. The number of carbonyl (C=O) groups excluding carboxylic acids is 1. The van der Waals surface area contributed by atoms with E-state index in [1.54, 1.807) is 12.3 Å². The first-order valence-electron chi connectivity index (χ1n) is 12.1. The van der Waals surface area contributed by atoms with Crippen molar-refractivity contribution in [1.82, 2.24) is 25.5 Å². The summed E-state index contributed by atoms with van der Waals surface area (Å²) < 4.78 is 29.0. The molecule has 2 aromatic heterocycles. The maximum absolute atomic E-state index is 14.5. The summed E-state index contributed by atoms with van der Waals surface area (Å²) in [7, 11) is 0. The second-order valence-corrected chi connectivity index (χ2v) is 9.03. The standard InChI is InChI=1S/C26H29F2N5O3/c1-3-15-8-9-26(4-2,22-12-29-11-21(31-22)25(36)30-16(13-34)14-35)24-17(15)10-20(32-33-24)23-18(27)6-5-7-19(23)28/h5-7,10-12,15-16,34-35H,3-4,8-9,13-14H2,1-2H3,(H,30,36)/t15-,26+/m0/s1. The third kappa shape index (κ3) is 4.58. The largest absolute Gasteiger partial charge is 0.394 e. The number of rotatable bonds is 8. The van der Waals surface area contributed by atoms with E-state index in [0.29, 0.717) is 24.2 Å². The van der Waals surface area contributed by atoms with Gasteiger partial charge in [0, 0.05) is 6.20 Å². The van der Waals surface area contributed by atoms with Crippen molar-refractivity contribution < 1.29 is 23.8 Å². The summed E-state index contributed by atoms with van der Waals surface area (Å²) >= 11 is 0. The zero-order valence-electron chi connectivity index (χ0n) is 20.2. The van der Waals surface area contributed by atoms with E-state index < -0.39 is 42.2 Å². The number of nitrogens with one attached hydrogen (secondary N) is 1. The molecule has 0 unspecified atom stereocenters. The molecule has 0 radical (unpaired) electrons. The molecule has 2 heterocycles. The van der Waals surface area contributed by atoms with Crippen LogP contribution in [0.25, 0.3) is 11.3 Å². The molecule has 0 bridgehead atoms. The van der Waals surface area contributed by atoms with Gasteiger partial charge in [0.2, 0.25) is 0 Å². The van der Waals surface area contributed by atoms with Crippen molar-refractivity contribution in [3.05, 3.63) is 70.9 Å². The van der Waals surface area contributed by atoms with Crippen molar-refractivity contribution in [2.45, 2.75) is 56.9 Å². The highest BCUT2D eigenvalue weighted by Gasteiger charge is 2.43. The molecule has 1 amide bonds. The summed E-state index contributed by atoms with van der Waals surface area (Å²) in [5.41, 5.74) is 1.33. The Kier molecular flexibility index (Phi) is 7.65. The molecule has 1 aliphatic rings. The molecular weight excluding hydrogens is 468 g/mol. The Labute approximate surface area is 207 Å². The summed E-state index contributed by atoms with van der Waals surface area (Å²) in [6.07, 6.45) is 5.80. The van der Waals surface area contributed by atoms with Gasteiger partial charge in [0.15, 0.2) is 0 Å². The Morgan fingerprint density at radius 2 is 1.89 bits per heavy atom. The molecule has 0 saturated carbocycles. The van der Waals surface area contributed by atoms with E-state index in [1.165, 1.54) is 24.4 Å². The van der Waals surface area contributed by atoms with Crippen LogP contribution in [0.5, 0.6) is 0 Å². The molecule has 1 aromatic carbocycles. The molecule has 0 spiro atoms. The van der Waals surface area contributed by atoms with Gasteiger partial charge in [0.25, 0.3) is 5.91 Å². The fraction of sp³-hybridized carbons (Fsp3) is 0.423. The normalized spacial score (nSPS) is 19.2. The van der Waals surface area contributed by atoms with E-state index in [-0.39, 0.29) is 22.9 Å². The monoisotopic (exact) mass is 497 g/mol. The van der Waals surface area contributed by atoms with Crippen LogP contribution in [0.2, 0.25) is 0 Å². The van der Waals surface area contributed by atoms with Gasteiger partial charge >= 0.3 is 0 Å². The van der Waals surface area contributed by atoms with Gasteiger partial charge in [0.1, 0.15) is 17.3 Å². The van der Waals surface area contributed by atoms with Crippen molar-refractivity contribution >= 4 is 5.91 Å². The molecule has 2 atom stereocenters. The van der Waals surface area contributed by atoms with Gasteiger partial charge in [-0.3, -0.25) is 9.78 Å². The number of amides is 1. The van der Waals surface area contributed by atoms with Gasteiger partial charge in [-0.1, -0.05) is 19.9 Å². The number of aliphatic hydroxyl groups excluding tert-OH is 2. The predicted octanol–water partition coefficient (Wildman–Crippen LogP) is 3.28. The van der Waals surface area contributed by atoms with Gasteiger partial charge in [-0.05, 0) is 55.4 Å². The van der Waals surface area contributed by atoms with E-state index in [2.05, 4.69) is 32.4 Å². The molecule has 0 saturated heterocycles. The third-order valence-electron chi connectivity index (χ3n) is 7.08. The van der Waals surface area contributed by atoms with Gasteiger partial charge in [-0.25, -0.2) is 13.8 Å². The highest BCUT2D eigenvalue weighted by atomic mass is 19.1. The zero-order valence-corrected chi connectivity index (χ0v) is 20.2. The number of carbonyl (C=O) groups is 1. The van der Waals surface area contributed by atoms with Crippen LogP contribution in [0.3, 0.4) is 0 Å². The fourth-order valence-electron chi connectivity index (χ4n) is 4.96. The molecule has 190 valence electrons. The summed E-state index contributed by atoms with van der Waals surface area (Å²) in [6, 6.07) is 4.60. The van der Waals surface area contributed by atoms with Crippen molar-refractivity contribution in [3.63, 3.8) is 0 Å². The fourth-order valence-corrected chi connectivity index (χ4v) is 4.96. The number of hydrogen-bond acceptors (Lipinski definition) is 7. The van der Waals surface area contributed by atoms with Crippen LogP contribution in [0.1, 0.15) is 72.9 Å². The average Bonchev–Trinajstić information content (AvgIpc) is 2.90. The number of aromatic nitrogens is 4. The van der Waals surface area contributed by atoms with Crippen LogP contribution < -0.4 is 5.32 Å². The van der Waals surface area contributed by atoms with Crippen LogP contribution in [0, 0.1) is 11.6 Å². The molecule has 10 heteroatoms. The Balaban J connectivity index is 1.81. The van der Waals surface area contributed by atoms with Crippen molar-refractivity contribution in [2.75, 3.05) is 13.2 Å². The van der Waals surface area contributed by atoms with Crippen LogP contribution in [-0.4, -0.2) is 55.5 Å². The van der Waals surface area contributed by atoms with Gasteiger partial charge in [0.05, 0.1) is 53.5 Å². The summed E-state index contributed by atoms with van der Waals surface area (Å²) in [4.78, 5) is 21.5. The minimum absolute atomic E-state index is 0.0457. The van der Waals surface area contributed by atoms with E-state index in [9.17, 15) is 23.8 Å². The second-order valence-electron chi connectivity index (χ2n) is 9.03. The molecule has 3 N–H and O–H groups in total. The minimum Gasteiger partial charge on any atom is -0.394 e.